The molecule has 0 bridgehead atoms. The predicted octanol–water partition coefficient (Wildman–Crippen LogP) is 3.37. The van der Waals surface area contributed by atoms with Crippen LogP contribution in [0.3, 0.4) is 0 Å². The number of carbonyl (C=O) groups is 1. The summed E-state index contributed by atoms with van der Waals surface area (Å²) in [5, 5.41) is 9.24. The van der Waals surface area contributed by atoms with E-state index in [2.05, 4.69) is 40.2 Å². The minimum atomic E-state index is 0.0992. The molecule has 1 aromatic carbocycles. The van der Waals surface area contributed by atoms with Crippen LogP contribution in [0, 0.1) is 31.1 Å². The lowest BCUT2D eigenvalue weighted by molar-refractivity contribution is -0.137. The lowest BCUT2D eigenvalue weighted by atomic mass is 9.93. The van der Waals surface area contributed by atoms with Crippen LogP contribution in [-0.4, -0.2) is 35.4 Å². The van der Waals surface area contributed by atoms with Crippen LogP contribution in [0.4, 0.5) is 5.82 Å². The van der Waals surface area contributed by atoms with Crippen molar-refractivity contribution in [2.24, 2.45) is 5.92 Å². The van der Waals surface area contributed by atoms with Gasteiger partial charge in [-0.1, -0.05) is 24.3 Å². The molecule has 5 nitrogen and oxygen atoms in total. The number of aromatic nitrogens is 1. The fourth-order valence-corrected chi connectivity index (χ4v) is 4.44. The highest BCUT2D eigenvalue weighted by Crippen LogP contribution is 2.27. The van der Waals surface area contributed by atoms with Crippen LogP contribution in [0.5, 0.6) is 0 Å². The Kier molecular flexibility index (Phi) is 5.04. The first-order valence-corrected chi connectivity index (χ1v) is 10.1. The number of fused-ring (bicyclic) bond motifs is 1. The summed E-state index contributed by atoms with van der Waals surface area (Å²) in [6.45, 7) is 7.08. The molecule has 1 amide bonds. The monoisotopic (exact) mass is 374 g/mol. The molecule has 0 aliphatic carbocycles. The van der Waals surface area contributed by atoms with Gasteiger partial charge in [0.15, 0.2) is 0 Å². The molecule has 0 spiro atoms. The van der Waals surface area contributed by atoms with Gasteiger partial charge in [-0.25, -0.2) is 4.98 Å². The van der Waals surface area contributed by atoms with Gasteiger partial charge >= 0.3 is 0 Å². The average molecular weight is 374 g/mol. The van der Waals surface area contributed by atoms with E-state index in [1.165, 1.54) is 11.1 Å². The molecule has 0 saturated carbocycles. The van der Waals surface area contributed by atoms with Gasteiger partial charge in [0.2, 0.25) is 5.91 Å². The summed E-state index contributed by atoms with van der Waals surface area (Å²) in [5.41, 5.74) is 5.07. The number of anilines is 1. The minimum Gasteiger partial charge on any atom is -0.357 e. The second-order valence-electron chi connectivity index (χ2n) is 7.91. The van der Waals surface area contributed by atoms with Crippen LogP contribution in [-0.2, 0) is 17.8 Å². The van der Waals surface area contributed by atoms with Crippen molar-refractivity contribution in [1.82, 2.24) is 9.88 Å². The van der Waals surface area contributed by atoms with Crippen molar-refractivity contribution in [3.8, 4) is 6.07 Å². The van der Waals surface area contributed by atoms with Crippen molar-refractivity contribution >= 4 is 11.7 Å². The highest BCUT2D eigenvalue weighted by molar-refractivity contribution is 5.79. The Bertz CT molecular complexity index is 915. The quantitative estimate of drug-likeness (QED) is 0.809. The van der Waals surface area contributed by atoms with E-state index in [4.69, 9.17) is 0 Å². The molecular weight excluding hydrogens is 348 g/mol. The number of rotatable bonds is 2. The molecule has 4 rings (SSSR count). The fraction of sp³-hybridized carbons (Fsp3) is 0.435. The van der Waals surface area contributed by atoms with Crippen LogP contribution < -0.4 is 4.90 Å². The molecule has 1 fully saturated rings. The Morgan fingerprint density at radius 3 is 2.54 bits per heavy atom. The summed E-state index contributed by atoms with van der Waals surface area (Å²) in [7, 11) is 0. The lowest BCUT2D eigenvalue weighted by Gasteiger charge is -2.36. The summed E-state index contributed by atoms with van der Waals surface area (Å²) < 4.78 is 0. The van der Waals surface area contributed by atoms with E-state index in [0.29, 0.717) is 11.5 Å². The van der Waals surface area contributed by atoms with Crippen LogP contribution in [0.25, 0.3) is 0 Å². The number of pyridine rings is 1. The minimum absolute atomic E-state index is 0.0992. The first-order chi connectivity index (χ1) is 13.6. The molecule has 2 aromatic rings. The van der Waals surface area contributed by atoms with E-state index < -0.39 is 0 Å². The van der Waals surface area contributed by atoms with Gasteiger partial charge in [0.05, 0.1) is 11.3 Å². The number of benzene rings is 1. The molecule has 5 heteroatoms. The van der Waals surface area contributed by atoms with E-state index in [0.717, 1.165) is 62.5 Å². The summed E-state index contributed by atoms with van der Waals surface area (Å²) in [6.07, 6.45) is 2.67. The van der Waals surface area contributed by atoms with Gasteiger partial charge in [-0.3, -0.25) is 4.79 Å². The Balaban J connectivity index is 1.39. The molecule has 2 aliphatic heterocycles. The third-order valence-corrected chi connectivity index (χ3v) is 6.11. The largest absolute Gasteiger partial charge is 0.357 e. The molecule has 0 unspecified atom stereocenters. The first kappa shape index (κ1) is 18.5. The molecular formula is C23H26N4O. The highest BCUT2D eigenvalue weighted by atomic mass is 16.2. The molecule has 0 N–H and O–H groups in total. The predicted molar refractivity (Wildman–Crippen MR) is 109 cm³/mol. The zero-order chi connectivity index (χ0) is 19.7. The number of piperidine rings is 1. The molecule has 3 heterocycles. The molecule has 0 atom stereocenters. The van der Waals surface area contributed by atoms with Gasteiger partial charge in [0, 0.05) is 32.1 Å². The van der Waals surface area contributed by atoms with Crippen LogP contribution in [0.15, 0.2) is 30.3 Å². The zero-order valence-corrected chi connectivity index (χ0v) is 16.6. The van der Waals surface area contributed by atoms with Crippen molar-refractivity contribution in [1.29, 1.82) is 5.26 Å². The van der Waals surface area contributed by atoms with E-state index >= 15 is 0 Å². The summed E-state index contributed by atoms with van der Waals surface area (Å²) >= 11 is 0. The average Bonchev–Trinajstić information content (AvgIpc) is 2.73. The maximum Gasteiger partial charge on any atom is 0.226 e. The first-order valence-electron chi connectivity index (χ1n) is 10.1. The summed E-state index contributed by atoms with van der Waals surface area (Å²) in [6, 6.07) is 12.7. The third-order valence-electron chi connectivity index (χ3n) is 6.11. The Morgan fingerprint density at radius 1 is 1.14 bits per heavy atom. The molecule has 1 aromatic heterocycles. The van der Waals surface area contributed by atoms with E-state index in [1.807, 2.05) is 24.8 Å². The number of aryl methyl sites for hydroxylation is 2. The number of hydrogen-bond acceptors (Lipinski definition) is 4. The SMILES string of the molecule is Cc1cc(N2CCC(C(=O)N3CCc4ccccc4C3)CC2)nc(C)c1C#N. The maximum atomic E-state index is 13.1. The Labute approximate surface area is 166 Å². The van der Waals surface area contributed by atoms with Gasteiger partial charge in [-0.2, -0.15) is 5.26 Å². The molecule has 0 radical (unpaired) electrons. The Morgan fingerprint density at radius 2 is 1.86 bits per heavy atom. The van der Waals surface area contributed by atoms with Gasteiger partial charge < -0.3 is 9.80 Å². The topological polar surface area (TPSA) is 60.2 Å². The smallest absolute Gasteiger partial charge is 0.226 e. The number of carbonyl (C=O) groups excluding carboxylic acids is 1. The molecule has 1 saturated heterocycles. The van der Waals surface area contributed by atoms with E-state index in [1.54, 1.807) is 0 Å². The second kappa shape index (κ2) is 7.63. The van der Waals surface area contributed by atoms with Gasteiger partial charge in [0.1, 0.15) is 11.9 Å². The number of hydrogen-bond donors (Lipinski definition) is 0. The van der Waals surface area contributed by atoms with Gasteiger partial charge in [-0.05, 0) is 55.9 Å². The van der Waals surface area contributed by atoms with Crippen LogP contribution in [0.2, 0.25) is 0 Å². The summed E-state index contributed by atoms with van der Waals surface area (Å²) in [5.74, 6) is 1.32. The summed E-state index contributed by atoms with van der Waals surface area (Å²) in [4.78, 5) is 22.0. The number of nitrogens with zero attached hydrogens (tertiary/aromatic N) is 4. The van der Waals surface area contributed by atoms with Crippen LogP contribution >= 0.6 is 0 Å². The fourth-order valence-electron chi connectivity index (χ4n) is 4.44. The molecule has 28 heavy (non-hydrogen) atoms. The van der Waals surface area contributed by atoms with Crippen molar-refractivity contribution in [2.45, 2.75) is 39.7 Å². The normalized spacial score (nSPS) is 17.2. The van der Waals surface area contributed by atoms with Crippen molar-refractivity contribution in [3.63, 3.8) is 0 Å². The van der Waals surface area contributed by atoms with Crippen LogP contribution in [0.1, 0.15) is 40.8 Å². The van der Waals surface area contributed by atoms with Crippen molar-refractivity contribution < 1.29 is 4.79 Å². The molecule has 144 valence electrons. The third kappa shape index (κ3) is 3.47. The number of amides is 1. The highest BCUT2D eigenvalue weighted by Gasteiger charge is 2.30. The standard InChI is InChI=1S/C23H26N4O/c1-16-13-22(25-17(2)21(16)14-24)26-10-8-19(9-11-26)23(28)27-12-7-18-5-3-4-6-20(18)15-27/h3-6,13,19H,7-12,15H2,1-2H3. The molecule has 2 aliphatic rings. The van der Waals surface area contributed by atoms with Gasteiger partial charge in [-0.15, -0.1) is 0 Å². The second-order valence-corrected chi connectivity index (χ2v) is 7.91. The Hall–Kier alpha value is -2.87. The maximum absolute atomic E-state index is 13.1. The van der Waals surface area contributed by atoms with Crippen molar-refractivity contribution in [2.75, 3.05) is 24.5 Å². The lowest BCUT2D eigenvalue weighted by Crippen LogP contribution is -2.44. The number of nitriles is 1. The van der Waals surface area contributed by atoms with E-state index in [9.17, 15) is 10.1 Å². The van der Waals surface area contributed by atoms with Gasteiger partial charge in [0.25, 0.3) is 0 Å². The zero-order valence-electron chi connectivity index (χ0n) is 16.6. The van der Waals surface area contributed by atoms with E-state index in [-0.39, 0.29) is 5.92 Å². The van der Waals surface area contributed by atoms with Crippen molar-refractivity contribution in [3.05, 3.63) is 58.3 Å².